The summed E-state index contributed by atoms with van der Waals surface area (Å²) in [5.74, 6) is 0. The van der Waals surface area contributed by atoms with Gasteiger partial charge < -0.3 is 5.32 Å². The zero-order valence-corrected chi connectivity index (χ0v) is 8.68. The summed E-state index contributed by atoms with van der Waals surface area (Å²) >= 11 is 5.21. The lowest BCUT2D eigenvalue weighted by atomic mass is 9.98. The van der Waals surface area contributed by atoms with Gasteiger partial charge in [-0.3, -0.25) is 4.90 Å². The maximum Gasteiger partial charge on any atom is 0.107 e. The number of fused-ring (bicyclic) bond motifs is 3. The van der Waals surface area contributed by atoms with E-state index in [9.17, 15) is 0 Å². The first-order valence-electron chi connectivity index (χ1n) is 4.96. The smallest absolute Gasteiger partial charge is 0.107 e. The second-order valence-electron chi connectivity index (χ2n) is 3.89. The van der Waals surface area contributed by atoms with E-state index in [1.165, 1.54) is 11.1 Å². The summed E-state index contributed by atoms with van der Waals surface area (Å²) in [7, 11) is 0. The van der Waals surface area contributed by atoms with Crippen LogP contribution in [0.1, 0.15) is 17.3 Å². The molecule has 14 heavy (non-hydrogen) atoms. The van der Waals surface area contributed by atoms with Crippen molar-refractivity contribution >= 4 is 17.2 Å². The summed E-state index contributed by atoms with van der Waals surface area (Å²) in [4.78, 5) is 3.39. The van der Waals surface area contributed by atoms with Crippen molar-refractivity contribution in [3.05, 3.63) is 35.4 Å². The third kappa shape index (κ3) is 1.16. The van der Waals surface area contributed by atoms with Gasteiger partial charge in [0, 0.05) is 6.54 Å². The molecule has 1 aromatic carbocycles. The van der Waals surface area contributed by atoms with Crippen molar-refractivity contribution in [3.63, 3.8) is 0 Å². The third-order valence-electron chi connectivity index (χ3n) is 3.03. The fourth-order valence-corrected chi connectivity index (χ4v) is 2.62. The first-order chi connectivity index (χ1) is 6.84. The zero-order valence-electron chi connectivity index (χ0n) is 7.86. The second-order valence-corrected chi connectivity index (χ2v) is 4.38. The van der Waals surface area contributed by atoms with Crippen molar-refractivity contribution in [1.82, 2.24) is 10.2 Å². The van der Waals surface area contributed by atoms with Gasteiger partial charge in [0.15, 0.2) is 0 Å². The Hall–Kier alpha value is -0.930. The van der Waals surface area contributed by atoms with Crippen LogP contribution in [0.4, 0.5) is 0 Å². The lowest BCUT2D eigenvalue weighted by molar-refractivity contribution is 0.231. The molecule has 2 aliphatic rings. The third-order valence-corrected chi connectivity index (χ3v) is 3.27. The second kappa shape index (κ2) is 3.04. The number of rotatable bonds is 0. The molecule has 2 nitrogen and oxygen atoms in total. The van der Waals surface area contributed by atoms with Crippen molar-refractivity contribution < 1.29 is 0 Å². The summed E-state index contributed by atoms with van der Waals surface area (Å²) in [5, 5.41) is 3.37. The van der Waals surface area contributed by atoms with Gasteiger partial charge in [-0.1, -0.05) is 36.5 Å². The Bertz CT molecular complexity index is 389. The van der Waals surface area contributed by atoms with Gasteiger partial charge >= 0.3 is 0 Å². The van der Waals surface area contributed by atoms with Crippen LogP contribution in [-0.4, -0.2) is 23.0 Å². The highest BCUT2D eigenvalue weighted by Crippen LogP contribution is 2.30. The molecule has 0 bridgehead atoms. The predicted molar refractivity (Wildman–Crippen MR) is 60.2 cm³/mol. The van der Waals surface area contributed by atoms with Crippen LogP contribution >= 0.6 is 12.2 Å². The van der Waals surface area contributed by atoms with Gasteiger partial charge in [-0.15, -0.1) is 0 Å². The zero-order chi connectivity index (χ0) is 9.54. The molecule has 0 amide bonds. The van der Waals surface area contributed by atoms with Crippen molar-refractivity contribution in [1.29, 1.82) is 0 Å². The topological polar surface area (TPSA) is 15.3 Å². The average molecular weight is 204 g/mol. The minimum atomic E-state index is 0.340. The Kier molecular flexibility index (Phi) is 1.82. The summed E-state index contributed by atoms with van der Waals surface area (Å²) in [6.45, 7) is 2.04. The summed E-state index contributed by atoms with van der Waals surface area (Å²) in [6, 6.07) is 8.63. The van der Waals surface area contributed by atoms with E-state index in [0.717, 1.165) is 24.5 Å². The van der Waals surface area contributed by atoms with E-state index in [0.29, 0.717) is 6.17 Å². The van der Waals surface area contributed by atoms with Crippen LogP contribution < -0.4 is 5.32 Å². The largest absolute Gasteiger partial charge is 0.359 e. The van der Waals surface area contributed by atoms with Gasteiger partial charge in [-0.05, 0) is 17.5 Å². The molecule has 1 unspecified atom stereocenters. The quantitative estimate of drug-likeness (QED) is 0.644. The molecule has 1 aromatic rings. The van der Waals surface area contributed by atoms with E-state index in [4.69, 9.17) is 12.2 Å². The van der Waals surface area contributed by atoms with Gasteiger partial charge in [0.05, 0.1) is 11.5 Å². The molecule has 1 atom stereocenters. The molecule has 1 N–H and O–H groups in total. The fourth-order valence-electron chi connectivity index (χ4n) is 2.34. The minimum Gasteiger partial charge on any atom is -0.359 e. The van der Waals surface area contributed by atoms with Crippen molar-refractivity contribution in [2.75, 3.05) is 13.1 Å². The van der Waals surface area contributed by atoms with Gasteiger partial charge in [-0.2, -0.15) is 0 Å². The molecule has 0 saturated carbocycles. The average Bonchev–Trinajstić information content (AvgIpc) is 2.59. The lowest BCUT2D eigenvalue weighted by Crippen LogP contribution is -2.34. The maximum atomic E-state index is 5.21. The van der Waals surface area contributed by atoms with Gasteiger partial charge in [0.1, 0.15) is 6.17 Å². The Morgan fingerprint density at radius 1 is 1.36 bits per heavy atom. The molecule has 1 saturated heterocycles. The Morgan fingerprint density at radius 2 is 2.21 bits per heavy atom. The molecular formula is C11H12N2S. The first-order valence-corrected chi connectivity index (χ1v) is 5.36. The molecule has 2 heterocycles. The molecule has 1 fully saturated rings. The Labute approximate surface area is 88.9 Å². The number of nitrogens with one attached hydrogen (secondary N) is 1. The Morgan fingerprint density at radius 3 is 3.14 bits per heavy atom. The highest BCUT2D eigenvalue weighted by Gasteiger charge is 2.32. The predicted octanol–water partition coefficient (Wildman–Crippen LogP) is 1.47. The minimum absolute atomic E-state index is 0.340. The van der Waals surface area contributed by atoms with Gasteiger partial charge in [0.25, 0.3) is 0 Å². The van der Waals surface area contributed by atoms with Crippen molar-refractivity contribution in [2.45, 2.75) is 12.6 Å². The van der Waals surface area contributed by atoms with E-state index < -0.39 is 0 Å². The Balaban J connectivity index is 2.05. The van der Waals surface area contributed by atoms with Crippen LogP contribution in [0.5, 0.6) is 0 Å². The normalized spacial score (nSPS) is 25.4. The van der Waals surface area contributed by atoms with Crippen molar-refractivity contribution in [2.24, 2.45) is 0 Å². The van der Waals surface area contributed by atoms with Crippen LogP contribution in [-0.2, 0) is 6.42 Å². The first kappa shape index (κ1) is 8.38. The molecule has 72 valence electrons. The molecule has 0 radical (unpaired) electrons. The summed E-state index contributed by atoms with van der Waals surface area (Å²) < 4.78 is 0. The van der Waals surface area contributed by atoms with E-state index >= 15 is 0 Å². The fraction of sp³-hybridized carbons (Fsp3) is 0.364. The number of benzene rings is 1. The monoisotopic (exact) mass is 204 g/mol. The highest BCUT2D eigenvalue weighted by molar-refractivity contribution is 7.80. The standard InChI is InChI=1S/C11H12N2S/c14-10-7-13-6-5-8-3-1-2-4-9(8)11(13)12-10/h1-4,11H,5-7H2,(H,12,14). The molecule has 3 heteroatoms. The molecule has 0 spiro atoms. The van der Waals surface area contributed by atoms with E-state index in [2.05, 4.69) is 34.5 Å². The van der Waals surface area contributed by atoms with Crippen LogP contribution in [0.2, 0.25) is 0 Å². The molecule has 3 rings (SSSR count). The van der Waals surface area contributed by atoms with Gasteiger partial charge in [-0.25, -0.2) is 0 Å². The summed E-state index contributed by atoms with van der Waals surface area (Å²) in [6.07, 6.45) is 1.49. The number of hydrogen-bond donors (Lipinski definition) is 1. The molecule has 0 aliphatic carbocycles. The van der Waals surface area contributed by atoms with Gasteiger partial charge in [0.2, 0.25) is 0 Å². The molecule has 0 aromatic heterocycles. The maximum absolute atomic E-state index is 5.21. The summed E-state index contributed by atoms with van der Waals surface area (Å²) in [5.41, 5.74) is 2.87. The number of hydrogen-bond acceptors (Lipinski definition) is 2. The van der Waals surface area contributed by atoms with E-state index in [1.54, 1.807) is 0 Å². The van der Waals surface area contributed by atoms with Crippen LogP contribution in [0.15, 0.2) is 24.3 Å². The number of thiocarbonyl (C=S) groups is 1. The molecule has 2 aliphatic heterocycles. The van der Waals surface area contributed by atoms with Crippen molar-refractivity contribution in [3.8, 4) is 0 Å². The SMILES string of the molecule is S=C1CN2CCc3ccccc3C2N1. The van der Waals surface area contributed by atoms with Crippen LogP contribution in [0, 0.1) is 0 Å². The molecular weight excluding hydrogens is 192 g/mol. The van der Waals surface area contributed by atoms with Crippen LogP contribution in [0.25, 0.3) is 0 Å². The lowest BCUT2D eigenvalue weighted by Gasteiger charge is -2.30. The number of nitrogens with zero attached hydrogens (tertiary/aromatic N) is 1. The van der Waals surface area contributed by atoms with E-state index in [-0.39, 0.29) is 0 Å². The highest BCUT2D eigenvalue weighted by atomic mass is 32.1. The van der Waals surface area contributed by atoms with E-state index in [1.807, 2.05) is 0 Å². The van der Waals surface area contributed by atoms with Crippen LogP contribution in [0.3, 0.4) is 0 Å².